The lowest BCUT2D eigenvalue weighted by molar-refractivity contribution is -0.140. The van der Waals surface area contributed by atoms with Crippen molar-refractivity contribution in [3.8, 4) is 0 Å². The smallest absolute Gasteiger partial charge is 0.227 e. The van der Waals surface area contributed by atoms with Crippen molar-refractivity contribution in [3.63, 3.8) is 0 Å². The predicted octanol–water partition coefficient (Wildman–Crippen LogP) is 1.24. The Kier molecular flexibility index (Phi) is 3.53. The molecule has 0 aromatic rings. The van der Waals surface area contributed by atoms with Crippen molar-refractivity contribution in [3.05, 3.63) is 0 Å². The molecule has 1 amide bonds. The van der Waals surface area contributed by atoms with Gasteiger partial charge in [-0.2, -0.15) is 0 Å². The van der Waals surface area contributed by atoms with Gasteiger partial charge in [-0.25, -0.2) is 0 Å². The second kappa shape index (κ2) is 4.30. The highest BCUT2D eigenvalue weighted by Crippen LogP contribution is 2.20. The van der Waals surface area contributed by atoms with Crippen LogP contribution in [0.1, 0.15) is 33.6 Å². The molecule has 82 valence electrons. The third-order valence-corrected chi connectivity index (χ3v) is 2.76. The van der Waals surface area contributed by atoms with Crippen LogP contribution in [0.4, 0.5) is 0 Å². The van der Waals surface area contributed by atoms with Crippen LogP contribution in [0.5, 0.6) is 0 Å². The summed E-state index contributed by atoms with van der Waals surface area (Å²) in [5.41, 5.74) is -0.240. The maximum Gasteiger partial charge on any atom is 0.227 e. The molecule has 0 bridgehead atoms. The van der Waals surface area contributed by atoms with E-state index in [1.165, 1.54) is 6.42 Å². The Morgan fingerprint density at radius 3 is 2.57 bits per heavy atom. The average molecular weight is 198 g/mol. The van der Waals surface area contributed by atoms with Gasteiger partial charge in [-0.3, -0.25) is 4.79 Å². The standard InChI is InChI=1S/C11H22N2O/c1-11(2,3)10(14)13-7-5-6-9(8-13)12-4/h9,12H,5-8H2,1-4H3. The monoisotopic (exact) mass is 198 g/mol. The van der Waals surface area contributed by atoms with Crippen LogP contribution in [0.2, 0.25) is 0 Å². The molecule has 3 heteroatoms. The first-order valence-corrected chi connectivity index (χ1v) is 5.42. The lowest BCUT2D eigenvalue weighted by atomic mass is 9.93. The molecule has 0 radical (unpaired) electrons. The Labute approximate surface area is 86.9 Å². The fourth-order valence-electron chi connectivity index (χ4n) is 1.87. The first-order valence-electron chi connectivity index (χ1n) is 5.42. The number of hydrogen-bond donors (Lipinski definition) is 1. The van der Waals surface area contributed by atoms with Gasteiger partial charge in [0.15, 0.2) is 0 Å². The number of likely N-dealkylation sites (tertiary alicyclic amines) is 1. The molecule has 1 heterocycles. The van der Waals surface area contributed by atoms with Gasteiger partial charge in [0.25, 0.3) is 0 Å². The quantitative estimate of drug-likeness (QED) is 0.687. The molecule has 0 aliphatic carbocycles. The van der Waals surface area contributed by atoms with Gasteiger partial charge in [0.2, 0.25) is 5.91 Å². The lowest BCUT2D eigenvalue weighted by Gasteiger charge is -2.36. The van der Waals surface area contributed by atoms with Gasteiger partial charge in [-0.15, -0.1) is 0 Å². The first kappa shape index (κ1) is 11.5. The van der Waals surface area contributed by atoms with Crippen LogP contribution in [0.15, 0.2) is 0 Å². The molecule has 1 aliphatic rings. The molecular weight excluding hydrogens is 176 g/mol. The Bertz CT molecular complexity index is 208. The van der Waals surface area contributed by atoms with Crippen molar-refractivity contribution in [2.24, 2.45) is 5.41 Å². The topological polar surface area (TPSA) is 32.3 Å². The minimum Gasteiger partial charge on any atom is -0.341 e. The summed E-state index contributed by atoms with van der Waals surface area (Å²) in [6.07, 6.45) is 2.30. The minimum absolute atomic E-state index is 0.240. The highest BCUT2D eigenvalue weighted by molar-refractivity contribution is 5.81. The SMILES string of the molecule is CNC1CCCN(C(=O)C(C)(C)C)C1. The third-order valence-electron chi connectivity index (χ3n) is 2.76. The fraction of sp³-hybridized carbons (Fsp3) is 0.909. The Hall–Kier alpha value is -0.570. The van der Waals surface area contributed by atoms with Gasteiger partial charge < -0.3 is 10.2 Å². The van der Waals surface area contributed by atoms with Crippen LogP contribution < -0.4 is 5.32 Å². The number of carbonyl (C=O) groups excluding carboxylic acids is 1. The van der Waals surface area contributed by atoms with E-state index in [4.69, 9.17) is 0 Å². The highest BCUT2D eigenvalue weighted by atomic mass is 16.2. The third kappa shape index (κ3) is 2.71. The fourth-order valence-corrected chi connectivity index (χ4v) is 1.87. The normalized spacial score (nSPS) is 23.7. The molecule has 3 nitrogen and oxygen atoms in total. The largest absolute Gasteiger partial charge is 0.341 e. The van der Waals surface area contributed by atoms with Crippen molar-refractivity contribution >= 4 is 5.91 Å². The molecule has 0 aromatic heterocycles. The second-order valence-corrected chi connectivity index (χ2v) is 5.13. The molecule has 1 aliphatic heterocycles. The summed E-state index contributed by atoms with van der Waals surface area (Å²) in [6.45, 7) is 7.75. The number of piperidine rings is 1. The second-order valence-electron chi connectivity index (χ2n) is 5.13. The van der Waals surface area contributed by atoms with Crippen LogP contribution in [-0.4, -0.2) is 37.0 Å². The molecule has 0 saturated carbocycles. The van der Waals surface area contributed by atoms with Crippen LogP contribution in [-0.2, 0) is 4.79 Å². The highest BCUT2D eigenvalue weighted by Gasteiger charge is 2.30. The molecule has 1 rings (SSSR count). The van der Waals surface area contributed by atoms with Gasteiger partial charge in [-0.1, -0.05) is 20.8 Å². The minimum atomic E-state index is -0.240. The van der Waals surface area contributed by atoms with E-state index in [1.807, 2.05) is 32.7 Å². The van der Waals surface area contributed by atoms with E-state index < -0.39 is 0 Å². The van der Waals surface area contributed by atoms with Gasteiger partial charge >= 0.3 is 0 Å². The number of likely N-dealkylation sites (N-methyl/N-ethyl adjacent to an activating group) is 1. The lowest BCUT2D eigenvalue weighted by Crippen LogP contribution is -2.50. The molecule has 1 N–H and O–H groups in total. The summed E-state index contributed by atoms with van der Waals surface area (Å²) in [4.78, 5) is 14.0. The van der Waals surface area contributed by atoms with E-state index in [0.717, 1.165) is 19.5 Å². The summed E-state index contributed by atoms with van der Waals surface area (Å²) in [5, 5.41) is 3.25. The summed E-state index contributed by atoms with van der Waals surface area (Å²) in [7, 11) is 1.97. The van der Waals surface area contributed by atoms with Crippen molar-refractivity contribution in [1.29, 1.82) is 0 Å². The molecule has 1 atom stereocenters. The molecule has 1 fully saturated rings. The summed E-state index contributed by atoms with van der Waals surface area (Å²) < 4.78 is 0. The number of nitrogens with zero attached hydrogens (tertiary/aromatic N) is 1. The van der Waals surface area contributed by atoms with E-state index in [9.17, 15) is 4.79 Å². The number of rotatable bonds is 1. The van der Waals surface area contributed by atoms with Gasteiger partial charge in [-0.05, 0) is 19.9 Å². The summed E-state index contributed by atoms with van der Waals surface area (Å²) in [6, 6.07) is 0.482. The summed E-state index contributed by atoms with van der Waals surface area (Å²) >= 11 is 0. The van der Waals surface area contributed by atoms with Gasteiger partial charge in [0.1, 0.15) is 0 Å². The van der Waals surface area contributed by atoms with Gasteiger partial charge in [0, 0.05) is 24.5 Å². The van der Waals surface area contributed by atoms with Crippen molar-refractivity contribution in [2.75, 3.05) is 20.1 Å². The number of nitrogens with one attached hydrogen (secondary N) is 1. The van der Waals surface area contributed by atoms with Gasteiger partial charge in [0.05, 0.1) is 0 Å². The average Bonchev–Trinajstić information content (AvgIpc) is 2.15. The Morgan fingerprint density at radius 2 is 2.07 bits per heavy atom. The van der Waals surface area contributed by atoms with Crippen LogP contribution in [0.3, 0.4) is 0 Å². The van der Waals surface area contributed by atoms with Crippen LogP contribution in [0.25, 0.3) is 0 Å². The maximum absolute atomic E-state index is 12.0. The zero-order chi connectivity index (χ0) is 10.8. The first-order chi connectivity index (χ1) is 6.45. The molecule has 1 unspecified atom stereocenters. The number of amides is 1. The van der Waals surface area contributed by atoms with E-state index in [2.05, 4.69) is 5.32 Å². The maximum atomic E-state index is 12.0. The molecule has 0 aromatic carbocycles. The molecule has 1 saturated heterocycles. The number of carbonyl (C=O) groups is 1. The molecule has 0 spiro atoms. The Balaban J connectivity index is 2.56. The van der Waals surface area contributed by atoms with E-state index in [-0.39, 0.29) is 11.3 Å². The van der Waals surface area contributed by atoms with Crippen molar-refractivity contribution in [2.45, 2.75) is 39.7 Å². The van der Waals surface area contributed by atoms with Crippen LogP contribution >= 0.6 is 0 Å². The van der Waals surface area contributed by atoms with E-state index in [0.29, 0.717) is 6.04 Å². The molecule has 14 heavy (non-hydrogen) atoms. The van der Waals surface area contributed by atoms with E-state index >= 15 is 0 Å². The predicted molar refractivity (Wildman–Crippen MR) is 58.1 cm³/mol. The van der Waals surface area contributed by atoms with Crippen molar-refractivity contribution in [1.82, 2.24) is 10.2 Å². The zero-order valence-electron chi connectivity index (χ0n) is 9.76. The van der Waals surface area contributed by atoms with E-state index in [1.54, 1.807) is 0 Å². The van der Waals surface area contributed by atoms with Crippen molar-refractivity contribution < 1.29 is 4.79 Å². The summed E-state index contributed by atoms with van der Waals surface area (Å²) in [5.74, 6) is 0.275. The Morgan fingerprint density at radius 1 is 1.43 bits per heavy atom. The van der Waals surface area contributed by atoms with Crippen LogP contribution in [0, 0.1) is 5.41 Å². The zero-order valence-corrected chi connectivity index (χ0v) is 9.76. The molecular formula is C11H22N2O. The number of hydrogen-bond acceptors (Lipinski definition) is 2.